The lowest BCUT2D eigenvalue weighted by Crippen LogP contribution is -2.35. The Balaban J connectivity index is 1.46. The molecule has 0 radical (unpaired) electrons. The molecular formula is C20H24N2O5S. The van der Waals surface area contributed by atoms with Crippen LogP contribution in [0.1, 0.15) is 18.4 Å². The van der Waals surface area contributed by atoms with Gasteiger partial charge in [0.05, 0.1) is 11.0 Å². The van der Waals surface area contributed by atoms with E-state index in [1.165, 1.54) is 24.3 Å². The van der Waals surface area contributed by atoms with Crippen LogP contribution in [-0.4, -0.2) is 40.2 Å². The van der Waals surface area contributed by atoms with Crippen LogP contribution in [0.2, 0.25) is 0 Å². The zero-order chi connectivity index (χ0) is 19.8. The summed E-state index contributed by atoms with van der Waals surface area (Å²) in [4.78, 5) is 12.0. The number of amides is 1. The fourth-order valence-corrected chi connectivity index (χ4v) is 3.82. The van der Waals surface area contributed by atoms with E-state index >= 15 is 0 Å². The number of carbonyl (C=O) groups is 1. The van der Waals surface area contributed by atoms with Crippen LogP contribution in [0, 0.1) is 0 Å². The SMILES string of the molecule is O=C(COc1ccc(S(=O)(=O)NCc2ccccc2)cc1)NC[C@@H]1CCCO1. The molecule has 2 aromatic rings. The Labute approximate surface area is 165 Å². The Hall–Kier alpha value is -2.42. The zero-order valence-electron chi connectivity index (χ0n) is 15.5. The molecule has 0 spiro atoms. The monoisotopic (exact) mass is 404 g/mol. The number of hydrogen-bond donors (Lipinski definition) is 2. The average molecular weight is 404 g/mol. The summed E-state index contributed by atoms with van der Waals surface area (Å²) in [5.74, 6) is 0.186. The van der Waals surface area contributed by atoms with Crippen molar-refractivity contribution in [2.45, 2.75) is 30.4 Å². The van der Waals surface area contributed by atoms with E-state index in [0.717, 1.165) is 25.0 Å². The van der Waals surface area contributed by atoms with Gasteiger partial charge in [0, 0.05) is 19.7 Å². The van der Waals surface area contributed by atoms with E-state index in [0.29, 0.717) is 12.3 Å². The molecule has 0 unspecified atom stereocenters. The minimum atomic E-state index is -3.62. The summed E-state index contributed by atoms with van der Waals surface area (Å²) in [7, 11) is -3.62. The molecule has 0 aliphatic carbocycles. The van der Waals surface area contributed by atoms with Crippen LogP contribution in [0.4, 0.5) is 0 Å². The predicted molar refractivity (Wildman–Crippen MR) is 104 cm³/mol. The minimum Gasteiger partial charge on any atom is -0.484 e. The van der Waals surface area contributed by atoms with Gasteiger partial charge >= 0.3 is 0 Å². The molecule has 150 valence electrons. The van der Waals surface area contributed by atoms with E-state index in [1.807, 2.05) is 30.3 Å². The summed E-state index contributed by atoms with van der Waals surface area (Å²) in [6.45, 7) is 1.30. The number of rotatable bonds is 9. The van der Waals surface area contributed by atoms with Crippen molar-refractivity contribution in [2.75, 3.05) is 19.8 Å². The quantitative estimate of drug-likeness (QED) is 0.665. The van der Waals surface area contributed by atoms with Crippen LogP contribution >= 0.6 is 0 Å². The lowest BCUT2D eigenvalue weighted by Gasteiger charge is -2.12. The van der Waals surface area contributed by atoms with Crippen molar-refractivity contribution in [2.24, 2.45) is 0 Å². The Morgan fingerprint density at radius 1 is 1.11 bits per heavy atom. The highest BCUT2D eigenvalue weighted by atomic mass is 32.2. The number of sulfonamides is 1. The third-order valence-electron chi connectivity index (χ3n) is 4.36. The number of nitrogens with one attached hydrogen (secondary N) is 2. The van der Waals surface area contributed by atoms with Crippen LogP contribution in [0.5, 0.6) is 5.75 Å². The third-order valence-corrected chi connectivity index (χ3v) is 5.78. The summed E-state index contributed by atoms with van der Waals surface area (Å²) in [5.41, 5.74) is 0.875. The number of carbonyl (C=O) groups excluding carboxylic acids is 1. The molecule has 1 saturated heterocycles. The van der Waals surface area contributed by atoms with Crippen LogP contribution < -0.4 is 14.8 Å². The molecule has 28 heavy (non-hydrogen) atoms. The highest BCUT2D eigenvalue weighted by molar-refractivity contribution is 7.89. The molecule has 1 fully saturated rings. The maximum Gasteiger partial charge on any atom is 0.258 e. The van der Waals surface area contributed by atoms with E-state index in [1.54, 1.807) is 0 Å². The molecule has 1 heterocycles. The van der Waals surface area contributed by atoms with Gasteiger partial charge in [-0.25, -0.2) is 13.1 Å². The first-order chi connectivity index (χ1) is 13.5. The molecular weight excluding hydrogens is 380 g/mol. The summed E-state index contributed by atoms with van der Waals surface area (Å²) < 4.78 is 38.1. The van der Waals surface area contributed by atoms with Gasteiger partial charge < -0.3 is 14.8 Å². The van der Waals surface area contributed by atoms with Crippen LogP contribution in [0.3, 0.4) is 0 Å². The van der Waals surface area contributed by atoms with Gasteiger partial charge in [0.2, 0.25) is 10.0 Å². The standard InChI is InChI=1S/C20H24N2O5S/c23-20(21-14-18-7-4-12-26-18)15-27-17-8-10-19(11-9-17)28(24,25)22-13-16-5-2-1-3-6-16/h1-3,5-6,8-11,18,22H,4,7,12-15H2,(H,21,23)/t18-/m0/s1. The van der Waals surface area contributed by atoms with Gasteiger partial charge in [0.15, 0.2) is 6.61 Å². The highest BCUT2D eigenvalue weighted by Crippen LogP contribution is 2.16. The topological polar surface area (TPSA) is 93.7 Å². The Morgan fingerprint density at radius 3 is 2.54 bits per heavy atom. The molecule has 1 atom stereocenters. The van der Waals surface area contributed by atoms with Gasteiger partial charge in [0.1, 0.15) is 5.75 Å². The average Bonchev–Trinajstić information content (AvgIpc) is 3.24. The zero-order valence-corrected chi connectivity index (χ0v) is 16.3. The van der Waals surface area contributed by atoms with E-state index in [4.69, 9.17) is 9.47 Å². The molecule has 1 aliphatic heterocycles. The highest BCUT2D eigenvalue weighted by Gasteiger charge is 2.16. The number of ether oxygens (including phenoxy) is 2. The molecule has 2 N–H and O–H groups in total. The molecule has 3 rings (SSSR count). The molecule has 8 heteroatoms. The van der Waals surface area contributed by atoms with E-state index in [-0.39, 0.29) is 30.1 Å². The summed E-state index contributed by atoms with van der Waals surface area (Å²) in [6, 6.07) is 15.3. The minimum absolute atomic E-state index is 0.0804. The first-order valence-corrected chi connectivity index (χ1v) is 10.7. The second kappa shape index (κ2) is 9.68. The Kier molecular flexibility index (Phi) is 7.02. The van der Waals surface area contributed by atoms with Gasteiger partial charge in [-0.3, -0.25) is 4.79 Å². The van der Waals surface area contributed by atoms with E-state index in [9.17, 15) is 13.2 Å². The fraction of sp³-hybridized carbons (Fsp3) is 0.350. The molecule has 2 aromatic carbocycles. The van der Waals surface area contributed by atoms with Crippen molar-refractivity contribution in [1.82, 2.24) is 10.0 Å². The molecule has 0 bridgehead atoms. The first-order valence-electron chi connectivity index (χ1n) is 9.18. The first kappa shape index (κ1) is 20.3. The third kappa shape index (κ3) is 6.05. The van der Waals surface area contributed by atoms with Gasteiger partial charge in [-0.05, 0) is 42.7 Å². The number of benzene rings is 2. The van der Waals surface area contributed by atoms with Gasteiger partial charge in [0.25, 0.3) is 5.91 Å². The summed E-state index contributed by atoms with van der Waals surface area (Å²) in [5, 5.41) is 2.77. The molecule has 7 nitrogen and oxygen atoms in total. The number of hydrogen-bond acceptors (Lipinski definition) is 5. The summed E-state index contributed by atoms with van der Waals surface area (Å²) in [6.07, 6.45) is 2.05. The lowest BCUT2D eigenvalue weighted by molar-refractivity contribution is -0.123. The molecule has 0 aromatic heterocycles. The maximum absolute atomic E-state index is 12.4. The van der Waals surface area contributed by atoms with Crippen molar-refractivity contribution in [3.8, 4) is 5.75 Å². The summed E-state index contributed by atoms with van der Waals surface area (Å²) >= 11 is 0. The predicted octanol–water partition coefficient (Wildman–Crippen LogP) is 1.84. The van der Waals surface area contributed by atoms with Crippen molar-refractivity contribution >= 4 is 15.9 Å². The normalized spacial score (nSPS) is 16.6. The van der Waals surface area contributed by atoms with E-state index < -0.39 is 10.0 Å². The molecule has 1 amide bonds. The van der Waals surface area contributed by atoms with Crippen LogP contribution in [0.15, 0.2) is 59.5 Å². The van der Waals surface area contributed by atoms with Crippen LogP contribution in [0.25, 0.3) is 0 Å². The molecule has 0 saturated carbocycles. The van der Waals surface area contributed by atoms with Gasteiger partial charge in [-0.15, -0.1) is 0 Å². The van der Waals surface area contributed by atoms with E-state index in [2.05, 4.69) is 10.0 Å². The fourth-order valence-electron chi connectivity index (χ4n) is 2.81. The Bertz CT molecular complexity index is 863. The van der Waals surface area contributed by atoms with Crippen molar-refractivity contribution in [3.05, 3.63) is 60.2 Å². The maximum atomic E-state index is 12.4. The smallest absolute Gasteiger partial charge is 0.258 e. The Morgan fingerprint density at radius 2 is 1.86 bits per heavy atom. The second-order valence-electron chi connectivity index (χ2n) is 6.51. The largest absolute Gasteiger partial charge is 0.484 e. The molecule has 1 aliphatic rings. The van der Waals surface area contributed by atoms with Gasteiger partial charge in [-0.1, -0.05) is 30.3 Å². The van der Waals surface area contributed by atoms with Gasteiger partial charge in [-0.2, -0.15) is 0 Å². The van der Waals surface area contributed by atoms with Crippen molar-refractivity contribution in [3.63, 3.8) is 0 Å². The van der Waals surface area contributed by atoms with Crippen LogP contribution in [-0.2, 0) is 26.1 Å². The van der Waals surface area contributed by atoms with Crippen molar-refractivity contribution in [1.29, 1.82) is 0 Å². The second-order valence-corrected chi connectivity index (χ2v) is 8.28. The lowest BCUT2D eigenvalue weighted by atomic mass is 10.2. The van der Waals surface area contributed by atoms with Crippen molar-refractivity contribution < 1.29 is 22.7 Å².